The Bertz CT molecular complexity index is 1100. The molecule has 0 unspecified atom stereocenters. The third-order valence-electron chi connectivity index (χ3n) is 5.18. The van der Waals surface area contributed by atoms with Gasteiger partial charge in [-0.2, -0.15) is 0 Å². The maximum atomic E-state index is 13.2. The van der Waals surface area contributed by atoms with Crippen LogP contribution in [0.5, 0.6) is 5.75 Å². The molecule has 0 atom stereocenters. The highest BCUT2D eigenvalue weighted by Crippen LogP contribution is 2.30. The van der Waals surface area contributed by atoms with Gasteiger partial charge in [-0.3, -0.25) is 19.6 Å². The predicted molar refractivity (Wildman–Crippen MR) is 115 cm³/mol. The van der Waals surface area contributed by atoms with Crippen LogP contribution in [0.25, 0.3) is 10.9 Å². The van der Waals surface area contributed by atoms with Crippen molar-refractivity contribution in [2.24, 2.45) is 0 Å². The minimum absolute atomic E-state index is 0.169. The lowest BCUT2D eigenvalue weighted by atomic mass is 10.1. The van der Waals surface area contributed by atoms with Crippen LogP contribution in [0.1, 0.15) is 17.5 Å². The van der Waals surface area contributed by atoms with Crippen LogP contribution in [0.2, 0.25) is 0 Å². The molecule has 3 aromatic rings. The minimum atomic E-state index is -0.321. The highest BCUT2D eigenvalue weighted by molar-refractivity contribution is 9.10. The Labute approximate surface area is 177 Å². The zero-order valence-corrected chi connectivity index (χ0v) is 17.8. The van der Waals surface area contributed by atoms with Gasteiger partial charge in [0.25, 0.3) is 0 Å². The van der Waals surface area contributed by atoms with E-state index in [4.69, 9.17) is 4.74 Å². The van der Waals surface area contributed by atoms with Crippen molar-refractivity contribution in [3.8, 4) is 5.75 Å². The van der Waals surface area contributed by atoms with Crippen LogP contribution >= 0.6 is 15.9 Å². The van der Waals surface area contributed by atoms with Crippen molar-refractivity contribution in [2.75, 3.05) is 18.6 Å². The lowest BCUT2D eigenvalue weighted by Crippen LogP contribution is -2.52. The number of imide groups is 1. The number of aryl methyl sites for hydroxylation is 1. The van der Waals surface area contributed by atoms with Crippen molar-refractivity contribution in [1.29, 1.82) is 0 Å². The summed E-state index contributed by atoms with van der Waals surface area (Å²) in [4.78, 5) is 33.1. The van der Waals surface area contributed by atoms with Gasteiger partial charge < -0.3 is 4.74 Å². The van der Waals surface area contributed by atoms with E-state index < -0.39 is 0 Å². The summed E-state index contributed by atoms with van der Waals surface area (Å²) in [5.41, 5.74) is 3.43. The van der Waals surface area contributed by atoms with Crippen molar-refractivity contribution in [1.82, 2.24) is 9.88 Å². The van der Waals surface area contributed by atoms with E-state index in [1.165, 1.54) is 4.90 Å². The minimum Gasteiger partial charge on any atom is -0.497 e. The Morgan fingerprint density at radius 1 is 1.14 bits per heavy atom. The number of ether oxygens (including phenoxy) is 1. The Morgan fingerprint density at radius 3 is 2.62 bits per heavy atom. The number of nitrogens with zero attached hydrogens (tertiary/aromatic N) is 3. The first-order chi connectivity index (χ1) is 14.0. The first-order valence-electron chi connectivity index (χ1n) is 9.27. The Morgan fingerprint density at radius 2 is 1.90 bits per heavy atom. The summed E-state index contributed by atoms with van der Waals surface area (Å²) >= 11 is 3.46. The van der Waals surface area contributed by atoms with Gasteiger partial charge >= 0.3 is 6.03 Å². The van der Waals surface area contributed by atoms with E-state index in [0.717, 1.165) is 37.9 Å². The molecule has 1 aliphatic rings. The Balaban J connectivity index is 1.64. The van der Waals surface area contributed by atoms with Crippen molar-refractivity contribution in [2.45, 2.75) is 19.9 Å². The summed E-state index contributed by atoms with van der Waals surface area (Å²) < 4.78 is 6.12. The van der Waals surface area contributed by atoms with Crippen molar-refractivity contribution < 1.29 is 14.3 Å². The molecule has 3 amide bonds. The van der Waals surface area contributed by atoms with Crippen molar-refractivity contribution >= 4 is 44.5 Å². The number of benzene rings is 2. The van der Waals surface area contributed by atoms with Gasteiger partial charge in [0.05, 0.1) is 31.1 Å². The van der Waals surface area contributed by atoms with E-state index in [1.54, 1.807) is 18.2 Å². The molecule has 0 radical (unpaired) electrons. The highest BCUT2D eigenvalue weighted by Gasteiger charge is 2.33. The largest absolute Gasteiger partial charge is 0.497 e. The predicted octanol–water partition coefficient (Wildman–Crippen LogP) is 4.67. The average Bonchev–Trinajstić information content (AvgIpc) is 2.72. The maximum absolute atomic E-state index is 13.2. The van der Waals surface area contributed by atoms with Crippen LogP contribution in [-0.4, -0.2) is 35.5 Å². The third kappa shape index (κ3) is 3.70. The molecule has 148 valence electrons. The number of rotatable bonds is 4. The van der Waals surface area contributed by atoms with E-state index >= 15 is 0 Å². The van der Waals surface area contributed by atoms with Gasteiger partial charge in [-0.1, -0.05) is 34.1 Å². The molecular formula is C22H20BrN3O3. The Kier molecular flexibility index (Phi) is 5.24. The lowest BCUT2D eigenvalue weighted by molar-refractivity contribution is -0.129. The summed E-state index contributed by atoms with van der Waals surface area (Å²) in [6.45, 7) is 2.55. The molecule has 1 saturated heterocycles. The van der Waals surface area contributed by atoms with Crippen LogP contribution < -0.4 is 9.64 Å². The molecule has 4 rings (SSSR count). The molecule has 0 saturated carbocycles. The second-order valence-corrected chi connectivity index (χ2v) is 7.86. The summed E-state index contributed by atoms with van der Waals surface area (Å²) in [7, 11) is 1.60. The topological polar surface area (TPSA) is 62.7 Å². The fourth-order valence-corrected chi connectivity index (χ4v) is 3.90. The molecular weight excluding hydrogens is 434 g/mol. The van der Waals surface area contributed by atoms with Crippen LogP contribution in [0.3, 0.4) is 0 Å². The third-order valence-corrected chi connectivity index (χ3v) is 5.67. The van der Waals surface area contributed by atoms with Gasteiger partial charge in [0.15, 0.2) is 0 Å². The zero-order chi connectivity index (χ0) is 20.5. The van der Waals surface area contributed by atoms with Gasteiger partial charge in [0.2, 0.25) is 5.91 Å². The number of amides is 3. The molecule has 0 spiro atoms. The van der Waals surface area contributed by atoms with Crippen LogP contribution in [-0.2, 0) is 11.3 Å². The molecule has 6 nitrogen and oxygen atoms in total. The maximum Gasteiger partial charge on any atom is 0.331 e. The van der Waals surface area contributed by atoms with E-state index in [9.17, 15) is 9.59 Å². The van der Waals surface area contributed by atoms with Crippen molar-refractivity contribution in [3.63, 3.8) is 0 Å². The smallest absolute Gasteiger partial charge is 0.331 e. The molecule has 2 heterocycles. The molecule has 0 aliphatic carbocycles. The highest BCUT2D eigenvalue weighted by atomic mass is 79.9. The number of carbonyl (C=O) groups is 2. The van der Waals surface area contributed by atoms with E-state index in [-0.39, 0.29) is 24.9 Å². The molecule has 1 fully saturated rings. The molecule has 0 N–H and O–H groups in total. The van der Waals surface area contributed by atoms with Crippen molar-refractivity contribution in [3.05, 3.63) is 64.3 Å². The fraction of sp³-hybridized carbons (Fsp3) is 0.227. The number of aromatic nitrogens is 1. The van der Waals surface area contributed by atoms with Crippen LogP contribution in [0.15, 0.2) is 53.1 Å². The van der Waals surface area contributed by atoms with E-state index in [0.29, 0.717) is 6.54 Å². The number of hydrogen-bond acceptors (Lipinski definition) is 4. The molecule has 29 heavy (non-hydrogen) atoms. The summed E-state index contributed by atoms with van der Waals surface area (Å²) in [5, 5.41) is 0.983. The number of anilines is 1. The number of fused-ring (bicyclic) bond motifs is 1. The monoisotopic (exact) mass is 453 g/mol. The SMILES string of the molecule is COc1ccc(CN2C(=O)CCN(c3cnc4cc(Br)ccc4c3C)C2=O)cc1. The molecule has 1 aromatic heterocycles. The average molecular weight is 454 g/mol. The molecule has 0 bridgehead atoms. The number of hydrogen-bond donors (Lipinski definition) is 0. The number of carbonyl (C=O) groups excluding carboxylic acids is 2. The molecule has 2 aromatic carbocycles. The van der Waals surface area contributed by atoms with Gasteiger partial charge in [0.1, 0.15) is 5.75 Å². The first-order valence-corrected chi connectivity index (χ1v) is 10.1. The number of methoxy groups -OCH3 is 1. The second-order valence-electron chi connectivity index (χ2n) is 6.94. The van der Waals surface area contributed by atoms with E-state index in [1.807, 2.05) is 49.4 Å². The van der Waals surface area contributed by atoms with Gasteiger partial charge in [-0.15, -0.1) is 0 Å². The van der Waals surface area contributed by atoms with Crippen LogP contribution in [0.4, 0.5) is 10.5 Å². The summed E-state index contributed by atoms with van der Waals surface area (Å²) in [5.74, 6) is 0.563. The van der Waals surface area contributed by atoms with Gasteiger partial charge in [-0.05, 0) is 42.3 Å². The second kappa shape index (κ2) is 7.83. The van der Waals surface area contributed by atoms with Crippen LogP contribution in [0, 0.1) is 6.92 Å². The van der Waals surface area contributed by atoms with Gasteiger partial charge in [-0.25, -0.2) is 4.79 Å². The number of halogens is 1. The normalized spacial score (nSPS) is 14.6. The van der Waals surface area contributed by atoms with Gasteiger partial charge in [0, 0.05) is 22.8 Å². The number of pyridine rings is 1. The number of urea groups is 1. The molecule has 7 heteroatoms. The lowest BCUT2D eigenvalue weighted by Gasteiger charge is -2.35. The van der Waals surface area contributed by atoms with E-state index in [2.05, 4.69) is 20.9 Å². The first kappa shape index (κ1) is 19.4. The molecule has 1 aliphatic heterocycles. The Hall–Kier alpha value is -2.93. The fourth-order valence-electron chi connectivity index (χ4n) is 3.55. The summed E-state index contributed by atoms with van der Waals surface area (Å²) in [6, 6.07) is 12.9. The summed E-state index contributed by atoms with van der Waals surface area (Å²) in [6.07, 6.45) is 1.99. The standard InChI is InChI=1S/C22H20BrN3O3/c1-14-18-8-5-16(23)11-19(18)24-12-20(14)25-10-9-21(27)26(22(25)28)13-15-3-6-17(29-2)7-4-15/h3-8,11-12H,9-10,13H2,1-2H3. The quantitative estimate of drug-likeness (QED) is 0.575. The zero-order valence-electron chi connectivity index (χ0n) is 16.2.